The third kappa shape index (κ3) is 4.74. The van der Waals surface area contributed by atoms with Crippen molar-refractivity contribution < 1.29 is 9.47 Å². The summed E-state index contributed by atoms with van der Waals surface area (Å²) in [6.45, 7) is 0.589. The molecule has 0 fully saturated rings. The minimum atomic E-state index is 0.589. The van der Waals surface area contributed by atoms with Crippen LogP contribution in [0.25, 0.3) is 0 Å². The van der Waals surface area contributed by atoms with E-state index in [9.17, 15) is 0 Å². The minimum absolute atomic E-state index is 0.589. The largest absolute Gasteiger partial charge is 0.497 e. The van der Waals surface area contributed by atoms with Crippen LogP contribution in [0.15, 0.2) is 42.5 Å². The molecule has 23 heavy (non-hydrogen) atoms. The van der Waals surface area contributed by atoms with Crippen molar-refractivity contribution >= 4 is 34.6 Å². The fourth-order valence-corrected chi connectivity index (χ4v) is 2.47. The lowest BCUT2D eigenvalue weighted by Crippen LogP contribution is -2.30. The van der Waals surface area contributed by atoms with Gasteiger partial charge in [0, 0.05) is 29.9 Å². The maximum absolute atomic E-state index is 6.06. The number of anilines is 1. The van der Waals surface area contributed by atoms with Gasteiger partial charge in [-0.3, -0.25) is 0 Å². The Balaban J connectivity index is 2.03. The zero-order chi connectivity index (χ0) is 16.8. The molecule has 0 unspecified atom stereocenters. The summed E-state index contributed by atoms with van der Waals surface area (Å²) in [4.78, 5) is 1.92. The number of methoxy groups -OCH3 is 2. The molecular formula is C17H19ClN2O2S. The molecule has 0 atom stereocenters. The lowest BCUT2D eigenvalue weighted by atomic mass is 10.2. The summed E-state index contributed by atoms with van der Waals surface area (Å²) < 4.78 is 10.5. The van der Waals surface area contributed by atoms with E-state index >= 15 is 0 Å². The molecule has 0 saturated heterocycles. The summed E-state index contributed by atoms with van der Waals surface area (Å²) >= 11 is 11.5. The Morgan fingerprint density at radius 2 is 1.83 bits per heavy atom. The number of rotatable bonds is 5. The van der Waals surface area contributed by atoms with Gasteiger partial charge in [-0.1, -0.05) is 11.6 Å². The van der Waals surface area contributed by atoms with E-state index in [2.05, 4.69) is 5.32 Å². The van der Waals surface area contributed by atoms with Crippen molar-refractivity contribution in [1.29, 1.82) is 0 Å². The average Bonchev–Trinajstić information content (AvgIpc) is 2.55. The van der Waals surface area contributed by atoms with Crippen molar-refractivity contribution in [2.24, 2.45) is 0 Å². The average molecular weight is 351 g/mol. The van der Waals surface area contributed by atoms with Crippen LogP contribution in [-0.4, -0.2) is 31.3 Å². The van der Waals surface area contributed by atoms with Crippen LogP contribution >= 0.6 is 23.8 Å². The Bertz CT molecular complexity index is 677. The Kier molecular flexibility index (Phi) is 6.07. The SMILES string of the molecule is COc1ccc(NC(=S)N(C)Cc2cc(Cl)ccc2OC)cc1. The molecular weight excluding hydrogens is 332 g/mol. The van der Waals surface area contributed by atoms with Crippen LogP contribution in [0.3, 0.4) is 0 Å². The first kappa shape index (κ1) is 17.4. The lowest BCUT2D eigenvalue weighted by Gasteiger charge is -2.22. The topological polar surface area (TPSA) is 33.7 Å². The smallest absolute Gasteiger partial charge is 0.173 e. The van der Waals surface area contributed by atoms with E-state index in [4.69, 9.17) is 33.3 Å². The third-order valence-electron chi connectivity index (χ3n) is 3.34. The maximum Gasteiger partial charge on any atom is 0.173 e. The second-order valence-corrected chi connectivity index (χ2v) is 5.79. The molecule has 4 nitrogen and oxygen atoms in total. The van der Waals surface area contributed by atoms with Crippen molar-refractivity contribution in [2.75, 3.05) is 26.6 Å². The molecule has 0 aliphatic heterocycles. The highest BCUT2D eigenvalue weighted by Gasteiger charge is 2.10. The second kappa shape index (κ2) is 8.04. The number of benzene rings is 2. The molecule has 122 valence electrons. The number of hydrogen-bond donors (Lipinski definition) is 1. The van der Waals surface area contributed by atoms with Crippen molar-refractivity contribution in [3.05, 3.63) is 53.1 Å². The normalized spacial score (nSPS) is 10.1. The molecule has 0 aromatic heterocycles. The van der Waals surface area contributed by atoms with E-state index in [-0.39, 0.29) is 0 Å². The fraction of sp³-hybridized carbons (Fsp3) is 0.235. The zero-order valence-corrected chi connectivity index (χ0v) is 14.9. The van der Waals surface area contributed by atoms with Crippen LogP contribution in [0.1, 0.15) is 5.56 Å². The molecule has 0 saturated carbocycles. The third-order valence-corrected chi connectivity index (χ3v) is 3.99. The summed E-state index contributed by atoms with van der Waals surface area (Å²) in [5.41, 5.74) is 1.88. The van der Waals surface area contributed by atoms with Gasteiger partial charge >= 0.3 is 0 Å². The summed E-state index contributed by atoms with van der Waals surface area (Å²) in [5.74, 6) is 1.59. The van der Waals surface area contributed by atoms with Crippen LogP contribution in [0, 0.1) is 0 Å². The molecule has 0 heterocycles. The van der Waals surface area contributed by atoms with Crippen molar-refractivity contribution in [1.82, 2.24) is 4.90 Å². The Morgan fingerprint density at radius 1 is 1.13 bits per heavy atom. The number of halogens is 1. The fourth-order valence-electron chi connectivity index (χ4n) is 2.09. The monoisotopic (exact) mass is 350 g/mol. The number of nitrogens with zero attached hydrogens (tertiary/aromatic N) is 1. The highest BCUT2D eigenvalue weighted by Crippen LogP contribution is 2.24. The van der Waals surface area contributed by atoms with Crippen molar-refractivity contribution in [2.45, 2.75) is 6.54 Å². The highest BCUT2D eigenvalue weighted by atomic mass is 35.5. The van der Waals surface area contributed by atoms with Gasteiger partial charge in [-0.25, -0.2) is 0 Å². The number of thiocarbonyl (C=S) groups is 1. The number of ether oxygens (including phenoxy) is 2. The first-order chi connectivity index (χ1) is 11.0. The van der Waals surface area contributed by atoms with Gasteiger partial charge in [0.05, 0.1) is 14.2 Å². The van der Waals surface area contributed by atoms with Crippen LogP contribution < -0.4 is 14.8 Å². The molecule has 0 amide bonds. The van der Waals surface area contributed by atoms with Gasteiger partial charge in [0.1, 0.15) is 11.5 Å². The molecule has 1 N–H and O–H groups in total. The molecule has 0 aliphatic carbocycles. The van der Waals surface area contributed by atoms with Crippen molar-refractivity contribution in [3.63, 3.8) is 0 Å². The Labute approximate surface area is 147 Å². The standard InChI is InChI=1S/C17H19ClN2O2S/c1-20(11-12-10-13(18)4-9-16(12)22-3)17(23)19-14-5-7-15(21-2)8-6-14/h4-10H,11H2,1-3H3,(H,19,23). The first-order valence-electron chi connectivity index (χ1n) is 7.02. The lowest BCUT2D eigenvalue weighted by molar-refractivity contribution is 0.399. The van der Waals surface area contributed by atoms with Crippen LogP contribution in [0.5, 0.6) is 11.5 Å². The van der Waals surface area contributed by atoms with Crippen LogP contribution in [0.2, 0.25) is 5.02 Å². The summed E-state index contributed by atoms with van der Waals surface area (Å²) in [6, 6.07) is 13.1. The summed E-state index contributed by atoms with van der Waals surface area (Å²) in [7, 11) is 5.19. The quantitative estimate of drug-likeness (QED) is 0.818. The van der Waals surface area contributed by atoms with Gasteiger partial charge in [0.15, 0.2) is 5.11 Å². The summed E-state index contributed by atoms with van der Waals surface area (Å²) in [6.07, 6.45) is 0. The molecule has 0 aliphatic rings. The predicted molar refractivity (Wildman–Crippen MR) is 98.7 cm³/mol. The zero-order valence-electron chi connectivity index (χ0n) is 13.3. The van der Waals surface area contributed by atoms with Crippen LogP contribution in [0.4, 0.5) is 5.69 Å². The summed E-state index contributed by atoms with van der Waals surface area (Å²) in [5, 5.41) is 4.47. The van der Waals surface area contributed by atoms with Gasteiger partial charge in [-0.05, 0) is 54.7 Å². The van der Waals surface area contributed by atoms with E-state index in [1.807, 2.05) is 48.3 Å². The molecule has 2 rings (SSSR count). The van der Waals surface area contributed by atoms with E-state index in [0.29, 0.717) is 16.7 Å². The Morgan fingerprint density at radius 3 is 2.43 bits per heavy atom. The van der Waals surface area contributed by atoms with Crippen molar-refractivity contribution in [3.8, 4) is 11.5 Å². The maximum atomic E-state index is 6.06. The van der Waals surface area contributed by atoms with Gasteiger partial charge < -0.3 is 19.7 Å². The van der Waals surface area contributed by atoms with Gasteiger partial charge in [-0.2, -0.15) is 0 Å². The van der Waals surface area contributed by atoms with Gasteiger partial charge in [0.25, 0.3) is 0 Å². The first-order valence-corrected chi connectivity index (χ1v) is 7.80. The molecule has 0 spiro atoms. The molecule has 6 heteroatoms. The number of hydrogen-bond acceptors (Lipinski definition) is 3. The molecule has 2 aromatic carbocycles. The molecule has 2 aromatic rings. The van der Waals surface area contributed by atoms with Crippen LogP contribution in [-0.2, 0) is 6.54 Å². The number of nitrogens with one attached hydrogen (secondary N) is 1. The molecule has 0 bridgehead atoms. The van der Waals surface area contributed by atoms with Gasteiger partial charge in [0.2, 0.25) is 0 Å². The predicted octanol–water partition coefficient (Wildman–Crippen LogP) is 4.19. The van der Waals surface area contributed by atoms with Gasteiger partial charge in [-0.15, -0.1) is 0 Å². The van der Waals surface area contributed by atoms with E-state index in [1.165, 1.54) is 0 Å². The molecule has 0 radical (unpaired) electrons. The minimum Gasteiger partial charge on any atom is -0.497 e. The highest BCUT2D eigenvalue weighted by molar-refractivity contribution is 7.80. The second-order valence-electron chi connectivity index (χ2n) is 4.97. The van der Waals surface area contributed by atoms with E-state index < -0.39 is 0 Å². The van der Waals surface area contributed by atoms with E-state index in [0.717, 1.165) is 22.7 Å². The van der Waals surface area contributed by atoms with E-state index in [1.54, 1.807) is 20.3 Å². The Hall–Kier alpha value is -1.98.